The Morgan fingerprint density at radius 1 is 1.23 bits per heavy atom. The molecular formula is C21H31FN6O2. The van der Waals surface area contributed by atoms with E-state index in [-0.39, 0.29) is 5.82 Å². The van der Waals surface area contributed by atoms with E-state index in [1.807, 2.05) is 33.8 Å². The number of nitrogens with zero attached hydrogens (tertiary/aromatic N) is 3. The lowest BCUT2D eigenvalue weighted by molar-refractivity contribution is 0.0527. The third-order valence-electron chi connectivity index (χ3n) is 4.10. The number of carbonyl (C=O) groups is 1. The lowest BCUT2D eigenvalue weighted by Crippen LogP contribution is -2.39. The molecule has 1 aromatic heterocycles. The van der Waals surface area contributed by atoms with Gasteiger partial charge in [0.05, 0.1) is 5.69 Å². The molecule has 0 atom stereocenters. The van der Waals surface area contributed by atoms with Gasteiger partial charge in [0.1, 0.15) is 17.2 Å². The molecule has 0 bridgehead atoms. The monoisotopic (exact) mass is 418 g/mol. The topological polar surface area (TPSA) is 92.6 Å². The van der Waals surface area contributed by atoms with Gasteiger partial charge in [0.25, 0.3) is 0 Å². The Kier molecular flexibility index (Phi) is 8.20. The summed E-state index contributed by atoms with van der Waals surface area (Å²) in [5.74, 6) is 1.01. The van der Waals surface area contributed by atoms with E-state index >= 15 is 0 Å². The van der Waals surface area contributed by atoms with Crippen LogP contribution in [0.1, 0.15) is 38.6 Å². The molecule has 9 heteroatoms. The minimum absolute atomic E-state index is 0.313. The first-order valence-corrected chi connectivity index (χ1v) is 9.89. The molecular weight excluding hydrogens is 387 g/mol. The van der Waals surface area contributed by atoms with Crippen LogP contribution in [0.15, 0.2) is 35.6 Å². The summed E-state index contributed by atoms with van der Waals surface area (Å²) in [4.78, 5) is 19.9. The molecule has 2 rings (SSSR count). The average molecular weight is 419 g/mol. The number of imidazole rings is 1. The lowest BCUT2D eigenvalue weighted by Gasteiger charge is -2.19. The number of ether oxygens (including phenoxy) is 1. The summed E-state index contributed by atoms with van der Waals surface area (Å²) < 4.78 is 21.4. The van der Waals surface area contributed by atoms with Gasteiger partial charge in [-0.1, -0.05) is 6.07 Å². The van der Waals surface area contributed by atoms with Gasteiger partial charge in [-0.25, -0.2) is 14.2 Å². The zero-order valence-electron chi connectivity index (χ0n) is 18.3. The number of hydrogen-bond acceptors (Lipinski definition) is 4. The van der Waals surface area contributed by atoms with Crippen molar-refractivity contribution in [1.29, 1.82) is 0 Å². The van der Waals surface area contributed by atoms with E-state index in [1.54, 1.807) is 30.1 Å². The van der Waals surface area contributed by atoms with E-state index in [4.69, 9.17) is 4.74 Å². The molecule has 1 heterocycles. The van der Waals surface area contributed by atoms with Crippen molar-refractivity contribution < 1.29 is 13.9 Å². The summed E-state index contributed by atoms with van der Waals surface area (Å²) >= 11 is 0. The molecule has 0 aliphatic heterocycles. The highest BCUT2D eigenvalue weighted by molar-refractivity contribution is 5.79. The molecule has 0 aliphatic rings. The maximum Gasteiger partial charge on any atom is 0.407 e. The number of guanidine groups is 1. The predicted octanol–water partition coefficient (Wildman–Crippen LogP) is 2.90. The summed E-state index contributed by atoms with van der Waals surface area (Å²) in [6.45, 7) is 8.82. The number of carbonyl (C=O) groups excluding carboxylic acids is 1. The third kappa shape index (κ3) is 7.38. The van der Waals surface area contributed by atoms with E-state index in [0.29, 0.717) is 37.7 Å². The highest BCUT2D eigenvalue weighted by Gasteiger charge is 2.15. The summed E-state index contributed by atoms with van der Waals surface area (Å²) in [6.07, 6.45) is 3.65. The van der Waals surface area contributed by atoms with Gasteiger partial charge in [0.2, 0.25) is 0 Å². The molecule has 3 N–H and O–H groups in total. The highest BCUT2D eigenvalue weighted by atomic mass is 19.1. The fourth-order valence-electron chi connectivity index (χ4n) is 2.69. The molecule has 0 aliphatic carbocycles. The number of aromatic nitrogens is 2. The first-order valence-electron chi connectivity index (χ1n) is 9.89. The molecule has 30 heavy (non-hydrogen) atoms. The normalized spacial score (nSPS) is 11.9. The Balaban J connectivity index is 1.75. The van der Waals surface area contributed by atoms with Gasteiger partial charge in [-0.05, 0) is 51.8 Å². The van der Waals surface area contributed by atoms with Gasteiger partial charge < -0.3 is 25.3 Å². The van der Waals surface area contributed by atoms with Crippen molar-refractivity contribution in [2.45, 2.75) is 46.3 Å². The van der Waals surface area contributed by atoms with Crippen molar-refractivity contribution in [3.8, 4) is 5.69 Å². The Bertz CT molecular complexity index is 873. The lowest BCUT2D eigenvalue weighted by atomic mass is 10.2. The fourth-order valence-corrected chi connectivity index (χ4v) is 2.69. The maximum atomic E-state index is 14.5. The number of aryl methyl sites for hydroxylation is 1. The van der Waals surface area contributed by atoms with Crippen LogP contribution >= 0.6 is 0 Å². The number of benzene rings is 1. The second-order valence-corrected chi connectivity index (χ2v) is 7.76. The van der Waals surface area contributed by atoms with Crippen molar-refractivity contribution in [2.24, 2.45) is 4.99 Å². The number of amides is 1. The van der Waals surface area contributed by atoms with Gasteiger partial charge >= 0.3 is 6.09 Å². The van der Waals surface area contributed by atoms with E-state index in [9.17, 15) is 9.18 Å². The van der Waals surface area contributed by atoms with Crippen LogP contribution in [0.2, 0.25) is 0 Å². The van der Waals surface area contributed by atoms with Crippen molar-refractivity contribution >= 4 is 12.1 Å². The molecule has 8 nitrogen and oxygen atoms in total. The highest BCUT2D eigenvalue weighted by Crippen LogP contribution is 2.16. The molecule has 0 spiro atoms. The molecule has 0 saturated carbocycles. The van der Waals surface area contributed by atoms with Gasteiger partial charge in [-0.3, -0.25) is 4.99 Å². The van der Waals surface area contributed by atoms with E-state index < -0.39 is 11.7 Å². The number of hydrogen-bond donors (Lipinski definition) is 3. The Hall–Kier alpha value is -3.10. The number of aliphatic imine (C=N–C) groups is 1. The van der Waals surface area contributed by atoms with Crippen molar-refractivity contribution in [1.82, 2.24) is 25.5 Å². The fraction of sp³-hybridized carbons (Fsp3) is 0.476. The maximum absolute atomic E-state index is 14.5. The van der Waals surface area contributed by atoms with Crippen LogP contribution in [0.25, 0.3) is 5.69 Å². The first-order chi connectivity index (χ1) is 14.2. The molecule has 1 amide bonds. The first kappa shape index (κ1) is 23.2. The third-order valence-corrected chi connectivity index (χ3v) is 4.10. The molecule has 0 saturated heterocycles. The largest absolute Gasteiger partial charge is 0.444 e. The molecule has 0 radical (unpaired) electrons. The van der Waals surface area contributed by atoms with Crippen LogP contribution in [0.3, 0.4) is 0 Å². The Morgan fingerprint density at radius 2 is 1.97 bits per heavy atom. The summed E-state index contributed by atoms with van der Waals surface area (Å²) in [6, 6.07) is 5.10. The number of rotatable bonds is 7. The minimum Gasteiger partial charge on any atom is -0.444 e. The quantitative estimate of drug-likeness (QED) is 0.365. The van der Waals surface area contributed by atoms with Crippen LogP contribution in [0.4, 0.5) is 9.18 Å². The number of halogens is 1. The predicted molar refractivity (Wildman–Crippen MR) is 115 cm³/mol. The van der Waals surface area contributed by atoms with E-state index in [2.05, 4.69) is 25.9 Å². The van der Waals surface area contributed by atoms with E-state index in [0.717, 1.165) is 11.4 Å². The molecule has 0 fully saturated rings. The minimum atomic E-state index is -0.510. The zero-order valence-corrected chi connectivity index (χ0v) is 18.3. The Labute approximate surface area is 176 Å². The standard InChI is InChI=1S/C21H31FN6O2/c1-15-24-11-12-28(15)18-8-7-16(13-17(18)22)14-27-19(23-5)25-9-6-10-26-20(29)30-21(2,3)4/h7-8,11-13H,6,9-10,14H2,1-5H3,(H,26,29)(H2,23,25,27). The van der Waals surface area contributed by atoms with Gasteiger partial charge in [0.15, 0.2) is 5.96 Å². The smallest absolute Gasteiger partial charge is 0.407 e. The number of nitrogens with one attached hydrogen (secondary N) is 3. The van der Waals surface area contributed by atoms with Gasteiger partial charge in [0, 0.05) is 39.1 Å². The van der Waals surface area contributed by atoms with Crippen LogP contribution in [-0.2, 0) is 11.3 Å². The molecule has 0 unspecified atom stereocenters. The second-order valence-electron chi connectivity index (χ2n) is 7.76. The van der Waals surface area contributed by atoms with E-state index in [1.165, 1.54) is 6.07 Å². The Morgan fingerprint density at radius 3 is 2.57 bits per heavy atom. The molecule has 2 aromatic rings. The summed E-state index contributed by atoms with van der Waals surface area (Å²) in [5, 5.41) is 9.01. The summed E-state index contributed by atoms with van der Waals surface area (Å²) in [7, 11) is 1.67. The van der Waals surface area contributed by atoms with Crippen LogP contribution in [0.5, 0.6) is 0 Å². The van der Waals surface area contributed by atoms with Crippen molar-refractivity contribution in [3.63, 3.8) is 0 Å². The van der Waals surface area contributed by atoms with Crippen molar-refractivity contribution in [3.05, 3.63) is 47.8 Å². The van der Waals surface area contributed by atoms with Crippen LogP contribution in [0, 0.1) is 12.7 Å². The average Bonchev–Trinajstić information content (AvgIpc) is 3.08. The van der Waals surface area contributed by atoms with Gasteiger partial charge in [-0.15, -0.1) is 0 Å². The SMILES string of the molecule is CN=C(NCCCNC(=O)OC(C)(C)C)NCc1ccc(-n2ccnc2C)c(F)c1. The summed E-state index contributed by atoms with van der Waals surface area (Å²) in [5.41, 5.74) is 0.751. The number of alkyl carbamates (subject to hydrolysis) is 1. The van der Waals surface area contributed by atoms with Crippen molar-refractivity contribution in [2.75, 3.05) is 20.1 Å². The second kappa shape index (κ2) is 10.6. The van der Waals surface area contributed by atoms with Gasteiger partial charge in [-0.2, -0.15) is 0 Å². The molecule has 164 valence electrons. The van der Waals surface area contributed by atoms with Crippen LogP contribution in [-0.4, -0.2) is 47.3 Å². The van der Waals surface area contributed by atoms with Crippen LogP contribution < -0.4 is 16.0 Å². The zero-order chi connectivity index (χ0) is 22.1. The molecule has 1 aromatic carbocycles.